The Kier molecular flexibility index (Phi) is 11.9. The fraction of sp³-hybridized carbons (Fsp3) is 0.611. The van der Waals surface area contributed by atoms with Crippen LogP contribution in [-0.4, -0.2) is 44.2 Å². The third kappa shape index (κ3) is 7.02. The molecule has 0 aromatic heterocycles. The molecule has 7 heteroatoms. The Balaban J connectivity index is 0.00000288. The molecule has 25 heavy (non-hydrogen) atoms. The molecule has 5 nitrogen and oxygen atoms in total. The van der Waals surface area contributed by atoms with Gasteiger partial charge in [-0.05, 0) is 24.1 Å². The molecule has 0 unspecified atom stereocenters. The number of benzene rings is 1. The number of unbranched alkanes of at least 4 members (excludes halogenated alkanes) is 1. The summed E-state index contributed by atoms with van der Waals surface area (Å²) in [6, 6.07) is 6.30. The molecule has 1 N–H and O–H groups in total. The van der Waals surface area contributed by atoms with Gasteiger partial charge in [0.1, 0.15) is 0 Å². The Morgan fingerprint density at radius 2 is 1.92 bits per heavy atom. The first-order chi connectivity index (χ1) is 11.2. The third-order valence-electron chi connectivity index (χ3n) is 4.25. The predicted octanol–water partition coefficient (Wildman–Crippen LogP) is 3.60. The van der Waals surface area contributed by atoms with E-state index in [1.165, 1.54) is 25.3 Å². The standard InChI is InChI=1S/C18H28N2O3.2ClH/c1-4-5-6-16(20-11-9-19-10-12-20)15-7-8-17(23-14(2)21)18(13-15)22-3;;/h7-8,13,16,19H,4-6,9-12H2,1-3H3;2*1H/t16-;;/m1../s1. The molecule has 1 aromatic carbocycles. The van der Waals surface area contributed by atoms with Crippen LogP contribution in [0.25, 0.3) is 0 Å². The molecule has 1 aliphatic heterocycles. The smallest absolute Gasteiger partial charge is 0.308 e. The minimum absolute atomic E-state index is 0. The highest BCUT2D eigenvalue weighted by Crippen LogP contribution is 2.34. The SMILES string of the molecule is CCCC[C@H](c1ccc(OC(C)=O)c(OC)c1)N1CCNCC1.Cl.Cl. The van der Waals surface area contributed by atoms with E-state index < -0.39 is 0 Å². The van der Waals surface area contributed by atoms with E-state index in [0.29, 0.717) is 17.5 Å². The second-order valence-corrected chi connectivity index (χ2v) is 5.95. The molecule has 1 aromatic rings. The second-order valence-electron chi connectivity index (χ2n) is 5.95. The van der Waals surface area contributed by atoms with Crippen LogP contribution in [0.4, 0.5) is 0 Å². The van der Waals surface area contributed by atoms with Gasteiger partial charge in [0.15, 0.2) is 11.5 Å². The Hall–Kier alpha value is -1.01. The van der Waals surface area contributed by atoms with Crippen molar-refractivity contribution in [3.8, 4) is 11.5 Å². The van der Waals surface area contributed by atoms with Crippen molar-refractivity contribution >= 4 is 30.8 Å². The van der Waals surface area contributed by atoms with E-state index in [1.54, 1.807) is 7.11 Å². The third-order valence-corrected chi connectivity index (χ3v) is 4.25. The van der Waals surface area contributed by atoms with Gasteiger partial charge in [-0.15, -0.1) is 24.8 Å². The fourth-order valence-electron chi connectivity index (χ4n) is 3.08. The van der Waals surface area contributed by atoms with E-state index in [0.717, 1.165) is 32.6 Å². The zero-order chi connectivity index (χ0) is 16.7. The van der Waals surface area contributed by atoms with Crippen molar-refractivity contribution in [2.75, 3.05) is 33.3 Å². The van der Waals surface area contributed by atoms with Crippen molar-refractivity contribution in [2.45, 2.75) is 39.2 Å². The van der Waals surface area contributed by atoms with Gasteiger partial charge in [-0.25, -0.2) is 0 Å². The number of nitrogens with zero attached hydrogens (tertiary/aromatic N) is 1. The lowest BCUT2D eigenvalue weighted by molar-refractivity contribution is -0.132. The van der Waals surface area contributed by atoms with E-state index >= 15 is 0 Å². The molecule has 1 atom stereocenters. The Bertz CT molecular complexity index is 523. The summed E-state index contributed by atoms with van der Waals surface area (Å²) in [6.07, 6.45) is 3.51. The summed E-state index contributed by atoms with van der Waals surface area (Å²) in [4.78, 5) is 13.7. The minimum atomic E-state index is -0.333. The summed E-state index contributed by atoms with van der Waals surface area (Å²) in [6.45, 7) is 7.80. The van der Waals surface area contributed by atoms with Gasteiger partial charge in [-0.3, -0.25) is 9.69 Å². The van der Waals surface area contributed by atoms with Gasteiger partial charge >= 0.3 is 5.97 Å². The molecule has 1 saturated heterocycles. The molecule has 0 spiro atoms. The zero-order valence-corrected chi connectivity index (χ0v) is 16.9. The maximum absolute atomic E-state index is 11.2. The largest absolute Gasteiger partial charge is 0.493 e. The average molecular weight is 393 g/mol. The van der Waals surface area contributed by atoms with E-state index in [4.69, 9.17) is 9.47 Å². The monoisotopic (exact) mass is 392 g/mol. The first-order valence-electron chi connectivity index (χ1n) is 8.46. The van der Waals surface area contributed by atoms with Gasteiger partial charge < -0.3 is 14.8 Å². The number of hydrogen-bond acceptors (Lipinski definition) is 5. The lowest BCUT2D eigenvalue weighted by Crippen LogP contribution is -2.45. The van der Waals surface area contributed by atoms with Crippen LogP contribution < -0.4 is 14.8 Å². The molecule has 0 radical (unpaired) electrons. The van der Waals surface area contributed by atoms with Crippen molar-refractivity contribution in [3.05, 3.63) is 23.8 Å². The van der Waals surface area contributed by atoms with Crippen molar-refractivity contribution in [3.63, 3.8) is 0 Å². The molecular weight excluding hydrogens is 363 g/mol. The van der Waals surface area contributed by atoms with E-state index in [1.807, 2.05) is 12.1 Å². The Labute approximate surface area is 163 Å². The number of carbonyl (C=O) groups is 1. The van der Waals surface area contributed by atoms with E-state index in [9.17, 15) is 4.79 Å². The van der Waals surface area contributed by atoms with Crippen LogP contribution >= 0.6 is 24.8 Å². The summed E-state index contributed by atoms with van der Waals surface area (Å²) in [5.74, 6) is 0.772. The maximum atomic E-state index is 11.2. The van der Waals surface area contributed by atoms with E-state index in [-0.39, 0.29) is 30.8 Å². The van der Waals surface area contributed by atoms with Crippen LogP contribution in [-0.2, 0) is 4.79 Å². The molecule has 0 bridgehead atoms. The highest BCUT2D eigenvalue weighted by Gasteiger charge is 2.23. The summed E-state index contributed by atoms with van der Waals surface area (Å²) in [5.41, 5.74) is 1.23. The number of rotatable bonds is 7. The summed E-state index contributed by atoms with van der Waals surface area (Å²) < 4.78 is 10.6. The quantitative estimate of drug-likeness (QED) is 0.567. The summed E-state index contributed by atoms with van der Waals surface area (Å²) >= 11 is 0. The van der Waals surface area contributed by atoms with Crippen LogP contribution in [0.1, 0.15) is 44.7 Å². The lowest BCUT2D eigenvalue weighted by atomic mass is 9.98. The van der Waals surface area contributed by atoms with Gasteiger partial charge in [0.25, 0.3) is 0 Å². The molecule has 1 fully saturated rings. The number of nitrogens with one attached hydrogen (secondary N) is 1. The summed E-state index contributed by atoms with van der Waals surface area (Å²) in [5, 5.41) is 3.41. The van der Waals surface area contributed by atoms with Crippen LogP contribution in [0.2, 0.25) is 0 Å². The number of ether oxygens (including phenoxy) is 2. The van der Waals surface area contributed by atoms with Gasteiger partial charge in [-0.2, -0.15) is 0 Å². The molecule has 0 aliphatic carbocycles. The first-order valence-corrected chi connectivity index (χ1v) is 8.46. The average Bonchev–Trinajstić information content (AvgIpc) is 2.56. The first kappa shape index (κ1) is 24.0. The topological polar surface area (TPSA) is 50.8 Å². The zero-order valence-electron chi connectivity index (χ0n) is 15.2. The fourth-order valence-corrected chi connectivity index (χ4v) is 3.08. The normalized spacial score (nSPS) is 15.5. The number of esters is 1. The number of methoxy groups -OCH3 is 1. The van der Waals surface area contributed by atoms with Crippen molar-refractivity contribution < 1.29 is 14.3 Å². The highest BCUT2D eigenvalue weighted by molar-refractivity contribution is 5.85. The van der Waals surface area contributed by atoms with Crippen molar-refractivity contribution in [1.82, 2.24) is 10.2 Å². The van der Waals surface area contributed by atoms with E-state index in [2.05, 4.69) is 23.2 Å². The van der Waals surface area contributed by atoms with Gasteiger partial charge in [0.05, 0.1) is 7.11 Å². The number of piperazine rings is 1. The predicted molar refractivity (Wildman–Crippen MR) is 106 cm³/mol. The molecular formula is C18H30Cl2N2O3. The molecule has 1 aliphatic rings. The number of halogens is 2. The molecule has 0 saturated carbocycles. The van der Waals surface area contributed by atoms with Crippen molar-refractivity contribution in [1.29, 1.82) is 0 Å². The summed E-state index contributed by atoms with van der Waals surface area (Å²) in [7, 11) is 1.61. The maximum Gasteiger partial charge on any atom is 0.308 e. The lowest BCUT2D eigenvalue weighted by Gasteiger charge is -2.35. The van der Waals surface area contributed by atoms with Crippen molar-refractivity contribution in [2.24, 2.45) is 0 Å². The van der Waals surface area contributed by atoms with Crippen LogP contribution in [0.5, 0.6) is 11.5 Å². The van der Waals surface area contributed by atoms with Gasteiger partial charge in [-0.1, -0.05) is 25.8 Å². The van der Waals surface area contributed by atoms with Crippen LogP contribution in [0.15, 0.2) is 18.2 Å². The number of carbonyl (C=O) groups excluding carboxylic acids is 1. The molecule has 144 valence electrons. The second kappa shape index (κ2) is 12.4. The molecule has 1 heterocycles. The van der Waals surface area contributed by atoms with Gasteiger partial charge in [0, 0.05) is 39.1 Å². The minimum Gasteiger partial charge on any atom is -0.493 e. The molecule has 2 rings (SSSR count). The van der Waals surface area contributed by atoms with Crippen LogP contribution in [0.3, 0.4) is 0 Å². The molecule has 0 amide bonds. The number of hydrogen-bond donors (Lipinski definition) is 1. The highest BCUT2D eigenvalue weighted by atomic mass is 35.5. The van der Waals surface area contributed by atoms with Gasteiger partial charge in [0.2, 0.25) is 0 Å². The van der Waals surface area contributed by atoms with Crippen LogP contribution in [0, 0.1) is 0 Å². The Morgan fingerprint density at radius 1 is 1.24 bits per heavy atom. The Morgan fingerprint density at radius 3 is 2.48 bits per heavy atom.